The van der Waals surface area contributed by atoms with Gasteiger partial charge in [-0.25, -0.2) is 13.6 Å². The van der Waals surface area contributed by atoms with E-state index in [0.717, 1.165) is 44.1 Å². The summed E-state index contributed by atoms with van der Waals surface area (Å²) in [5.74, 6) is -1.41. The minimum atomic E-state index is -2.67. The quantitative estimate of drug-likeness (QED) is 0.299. The largest absolute Gasteiger partial charge is 0.478 e. The molecule has 5 nitrogen and oxygen atoms in total. The van der Waals surface area contributed by atoms with E-state index in [1.54, 1.807) is 17.0 Å². The molecule has 0 unspecified atom stereocenters. The Balaban J connectivity index is 1.18. The highest BCUT2D eigenvalue weighted by molar-refractivity contribution is 5.88. The standard InChI is InChI=1S/C41H56F2N2O3/c1-25(2)28-14-19-40(44-33(46)22-45-23-41(42,43)24-45)21-20-38(6)30(34(28)40)12-13-32-37(5)17-15-29(26-8-10-27(11-9-26)35(47)48)36(3,4)31(37)16-18-39(32,38)7/h8-11,15,28,30-32,34H,1,12-14,16-24H2,2-7H3,(H,44,46)(H,47,48)/t28-,30+,31-,32+,34+,37-,38+,39+,40-/m0/s1. The number of benzene rings is 1. The Morgan fingerprint density at radius 3 is 2.23 bits per heavy atom. The maximum atomic E-state index is 13.6. The molecule has 9 atom stereocenters. The van der Waals surface area contributed by atoms with Crippen LogP contribution in [0.15, 0.2) is 42.5 Å². The number of aromatic carboxylic acids is 1. The Kier molecular flexibility index (Phi) is 7.76. The topological polar surface area (TPSA) is 69.6 Å². The summed E-state index contributed by atoms with van der Waals surface area (Å²) in [4.78, 5) is 26.5. The van der Waals surface area contributed by atoms with Crippen molar-refractivity contribution in [1.29, 1.82) is 0 Å². The van der Waals surface area contributed by atoms with Crippen LogP contribution in [-0.2, 0) is 4.79 Å². The van der Waals surface area contributed by atoms with Crippen LogP contribution in [0, 0.1) is 51.2 Å². The lowest BCUT2D eigenvalue weighted by molar-refractivity contribution is -0.219. The van der Waals surface area contributed by atoms with Crippen LogP contribution in [0.4, 0.5) is 8.78 Å². The van der Waals surface area contributed by atoms with Gasteiger partial charge in [0.05, 0.1) is 25.2 Å². The number of alkyl halides is 2. The van der Waals surface area contributed by atoms with Crippen molar-refractivity contribution >= 4 is 17.4 Å². The van der Waals surface area contributed by atoms with Gasteiger partial charge < -0.3 is 10.4 Å². The molecule has 0 spiro atoms. The maximum absolute atomic E-state index is 13.6. The third-order valence-electron chi connectivity index (χ3n) is 15.8. The van der Waals surface area contributed by atoms with Crippen LogP contribution < -0.4 is 5.32 Å². The van der Waals surface area contributed by atoms with Gasteiger partial charge in [0.25, 0.3) is 5.92 Å². The number of carbonyl (C=O) groups excluding carboxylic acids is 1. The van der Waals surface area contributed by atoms with Crippen LogP contribution in [-0.4, -0.2) is 53.0 Å². The molecule has 5 aliphatic carbocycles. The van der Waals surface area contributed by atoms with Crippen LogP contribution in [0.25, 0.3) is 5.57 Å². The normalized spacial score (nSPS) is 42.6. The molecule has 1 aromatic carbocycles. The number of carboxylic acid groups (broad SMARTS) is 1. The second-order valence-corrected chi connectivity index (χ2v) is 18.3. The summed E-state index contributed by atoms with van der Waals surface area (Å²) in [5.41, 5.74) is 4.13. The number of rotatable bonds is 6. The maximum Gasteiger partial charge on any atom is 0.335 e. The molecule has 7 heteroatoms. The molecule has 1 aromatic rings. The number of nitrogens with one attached hydrogen (secondary N) is 1. The first-order valence-corrected chi connectivity index (χ1v) is 18.5. The lowest BCUT2D eigenvalue weighted by Gasteiger charge is -2.72. The lowest BCUT2D eigenvalue weighted by atomic mass is 9.33. The molecule has 2 N–H and O–H groups in total. The fourth-order valence-electron chi connectivity index (χ4n) is 13.5. The molecule has 4 saturated carbocycles. The number of likely N-dealkylation sites (tertiary alicyclic amines) is 1. The molecular weight excluding hydrogens is 606 g/mol. The van der Waals surface area contributed by atoms with Gasteiger partial charge in [0.1, 0.15) is 0 Å². The van der Waals surface area contributed by atoms with Gasteiger partial charge in [0, 0.05) is 5.54 Å². The van der Waals surface area contributed by atoms with Gasteiger partial charge in [0.2, 0.25) is 5.91 Å². The molecule has 0 radical (unpaired) electrons. The van der Waals surface area contributed by atoms with Crippen LogP contribution in [0.2, 0.25) is 0 Å². The van der Waals surface area contributed by atoms with Gasteiger partial charge in [-0.2, -0.15) is 0 Å². The molecule has 0 bridgehead atoms. The van der Waals surface area contributed by atoms with E-state index in [-0.39, 0.29) is 52.7 Å². The van der Waals surface area contributed by atoms with Crippen molar-refractivity contribution in [3.8, 4) is 0 Å². The highest BCUT2D eigenvalue weighted by Crippen LogP contribution is 2.76. The van der Waals surface area contributed by atoms with Crippen molar-refractivity contribution in [1.82, 2.24) is 10.2 Å². The molecule has 48 heavy (non-hydrogen) atoms. The highest BCUT2D eigenvalue weighted by atomic mass is 19.3. The fourth-order valence-corrected chi connectivity index (χ4v) is 13.5. The minimum absolute atomic E-state index is 0.0419. The minimum Gasteiger partial charge on any atom is -0.478 e. The van der Waals surface area contributed by atoms with Crippen molar-refractivity contribution in [2.45, 2.75) is 111 Å². The van der Waals surface area contributed by atoms with E-state index in [4.69, 9.17) is 0 Å². The van der Waals surface area contributed by atoms with Gasteiger partial charge in [-0.3, -0.25) is 9.69 Å². The first-order chi connectivity index (χ1) is 22.4. The molecule has 262 valence electrons. The summed E-state index contributed by atoms with van der Waals surface area (Å²) in [6, 6.07) is 7.45. The zero-order valence-electron chi connectivity index (χ0n) is 29.9. The SMILES string of the molecule is C=C(C)[C@@H]1CC[C@]2(NC(=O)CN3CC(F)(F)C3)CC[C@]3(C)[C@H](CC[C@@H]4[C@@]5(C)CC=C(c6ccc(C(=O)O)cc6)C(C)(C)[C@@H]5CC[C@]43C)[C@@H]12. The molecule has 6 aliphatic rings. The number of amides is 1. The molecule has 0 aromatic heterocycles. The summed E-state index contributed by atoms with van der Waals surface area (Å²) < 4.78 is 27.1. The Labute approximate surface area is 286 Å². The van der Waals surface area contributed by atoms with Gasteiger partial charge in [-0.05, 0) is 139 Å². The zero-order chi connectivity index (χ0) is 34.7. The van der Waals surface area contributed by atoms with E-state index >= 15 is 0 Å². The van der Waals surface area contributed by atoms with Crippen LogP contribution >= 0.6 is 0 Å². The van der Waals surface area contributed by atoms with E-state index < -0.39 is 11.9 Å². The third-order valence-corrected chi connectivity index (χ3v) is 15.8. The zero-order valence-corrected chi connectivity index (χ0v) is 29.9. The Hall–Kier alpha value is -2.54. The Morgan fingerprint density at radius 1 is 0.917 bits per heavy atom. The van der Waals surface area contributed by atoms with Gasteiger partial charge in [-0.15, -0.1) is 0 Å². The van der Waals surface area contributed by atoms with Gasteiger partial charge in [-0.1, -0.05) is 65.0 Å². The summed E-state index contributed by atoms with van der Waals surface area (Å²) >= 11 is 0. The highest BCUT2D eigenvalue weighted by Gasteiger charge is 2.70. The van der Waals surface area contributed by atoms with E-state index in [0.29, 0.717) is 35.2 Å². The van der Waals surface area contributed by atoms with E-state index in [2.05, 4.69) is 59.5 Å². The molecule has 7 rings (SSSR count). The van der Waals surface area contributed by atoms with Crippen molar-refractivity contribution in [3.05, 3.63) is 53.6 Å². The number of halogens is 2. The van der Waals surface area contributed by atoms with Crippen molar-refractivity contribution in [2.75, 3.05) is 19.6 Å². The second kappa shape index (κ2) is 11.0. The first kappa shape index (κ1) is 33.9. The van der Waals surface area contributed by atoms with Crippen molar-refractivity contribution in [3.63, 3.8) is 0 Å². The average molecular weight is 663 g/mol. The van der Waals surface area contributed by atoms with Crippen molar-refractivity contribution in [2.24, 2.45) is 51.2 Å². The van der Waals surface area contributed by atoms with E-state index in [1.165, 1.54) is 30.4 Å². The predicted molar refractivity (Wildman–Crippen MR) is 186 cm³/mol. The Morgan fingerprint density at radius 2 is 1.60 bits per heavy atom. The number of hydrogen-bond donors (Lipinski definition) is 2. The van der Waals surface area contributed by atoms with Crippen molar-refractivity contribution < 1.29 is 23.5 Å². The fraction of sp³-hybridized carbons (Fsp3) is 0.707. The molecule has 5 fully saturated rings. The van der Waals surface area contributed by atoms with Crippen LogP contribution in [0.1, 0.15) is 115 Å². The van der Waals surface area contributed by atoms with Crippen LogP contribution in [0.3, 0.4) is 0 Å². The number of carboxylic acids is 1. The lowest BCUT2D eigenvalue weighted by Crippen LogP contribution is -2.69. The second-order valence-electron chi connectivity index (χ2n) is 18.3. The number of hydrogen-bond acceptors (Lipinski definition) is 3. The number of nitrogens with zero attached hydrogens (tertiary/aromatic N) is 1. The van der Waals surface area contributed by atoms with Gasteiger partial charge in [0.15, 0.2) is 0 Å². The number of fused-ring (bicyclic) bond motifs is 7. The Bertz CT molecular complexity index is 1540. The van der Waals surface area contributed by atoms with E-state index in [9.17, 15) is 23.5 Å². The smallest absolute Gasteiger partial charge is 0.335 e. The molecule has 1 aliphatic heterocycles. The van der Waals surface area contributed by atoms with Crippen LogP contribution in [0.5, 0.6) is 0 Å². The molecule has 1 saturated heterocycles. The number of carbonyl (C=O) groups is 2. The summed E-state index contributed by atoms with van der Waals surface area (Å²) in [7, 11) is 0. The molecule has 1 heterocycles. The molecular formula is C41H56F2N2O3. The third kappa shape index (κ3) is 4.82. The number of allylic oxidation sites excluding steroid dienone is 3. The first-order valence-electron chi connectivity index (χ1n) is 18.5. The predicted octanol–water partition coefficient (Wildman–Crippen LogP) is 8.86. The van der Waals surface area contributed by atoms with E-state index in [1.807, 2.05) is 12.1 Å². The summed E-state index contributed by atoms with van der Waals surface area (Å²) in [6.45, 7) is 18.7. The monoisotopic (exact) mass is 662 g/mol. The summed E-state index contributed by atoms with van der Waals surface area (Å²) in [6.07, 6.45) is 12.2. The average Bonchev–Trinajstić information content (AvgIpc) is 3.36. The van der Waals surface area contributed by atoms with Gasteiger partial charge >= 0.3 is 5.97 Å². The molecule has 1 amide bonds. The summed E-state index contributed by atoms with van der Waals surface area (Å²) in [5, 5.41) is 13.0.